The van der Waals surface area contributed by atoms with E-state index in [0.29, 0.717) is 25.1 Å². The number of hydrogen-bond acceptors (Lipinski definition) is 4. The topological polar surface area (TPSA) is 67.2 Å². The van der Waals surface area contributed by atoms with E-state index in [-0.39, 0.29) is 11.8 Å². The van der Waals surface area contributed by atoms with E-state index in [1.54, 1.807) is 34.7 Å². The lowest BCUT2D eigenvalue weighted by molar-refractivity contribution is -0.126. The Kier molecular flexibility index (Phi) is 4.77. The van der Waals surface area contributed by atoms with Crippen molar-refractivity contribution in [1.82, 2.24) is 19.8 Å². The summed E-state index contributed by atoms with van der Waals surface area (Å²) in [5, 5.41) is 4.96. The second-order valence-corrected chi connectivity index (χ2v) is 7.53. The zero-order chi connectivity index (χ0) is 18.8. The third-order valence-corrected chi connectivity index (χ3v) is 5.65. The maximum absolute atomic E-state index is 13.1. The lowest BCUT2D eigenvalue weighted by Crippen LogP contribution is -2.47. The van der Waals surface area contributed by atoms with Gasteiger partial charge in [-0.05, 0) is 23.6 Å². The quantitative estimate of drug-likeness (QED) is 0.756. The van der Waals surface area contributed by atoms with E-state index in [4.69, 9.17) is 0 Å². The van der Waals surface area contributed by atoms with Crippen LogP contribution in [-0.4, -0.2) is 32.8 Å². The Labute approximate surface area is 161 Å². The SMILES string of the molecule is Cn1cnc2c1[C@@H](C(=O)NCc1cccs1)N(C(=O)c1ccccc1)CC2. The van der Waals surface area contributed by atoms with E-state index in [1.165, 1.54) is 0 Å². The molecule has 1 atom stereocenters. The van der Waals surface area contributed by atoms with Gasteiger partial charge in [-0.3, -0.25) is 9.59 Å². The van der Waals surface area contributed by atoms with Gasteiger partial charge in [0.1, 0.15) is 0 Å². The molecule has 1 aromatic carbocycles. The Morgan fingerprint density at radius 1 is 1.22 bits per heavy atom. The molecule has 0 fully saturated rings. The molecule has 1 aliphatic rings. The molecular formula is C20H20N4O2S. The van der Waals surface area contributed by atoms with Crippen LogP contribution in [0.25, 0.3) is 0 Å². The molecule has 0 bridgehead atoms. The first-order chi connectivity index (χ1) is 13.1. The number of fused-ring (bicyclic) bond motifs is 1. The summed E-state index contributed by atoms with van der Waals surface area (Å²) in [6.07, 6.45) is 2.35. The van der Waals surface area contributed by atoms with Crippen LogP contribution in [-0.2, 0) is 24.8 Å². The van der Waals surface area contributed by atoms with Crippen LogP contribution in [0.1, 0.15) is 32.7 Å². The summed E-state index contributed by atoms with van der Waals surface area (Å²) >= 11 is 1.59. The lowest BCUT2D eigenvalue weighted by Gasteiger charge is -2.35. The number of thiophene rings is 1. The first-order valence-corrected chi connectivity index (χ1v) is 9.69. The average Bonchev–Trinajstić information content (AvgIpc) is 3.35. The zero-order valence-electron chi connectivity index (χ0n) is 15.0. The summed E-state index contributed by atoms with van der Waals surface area (Å²) < 4.78 is 1.84. The molecule has 27 heavy (non-hydrogen) atoms. The van der Waals surface area contributed by atoms with E-state index in [1.807, 2.05) is 47.3 Å². The number of carbonyl (C=O) groups is 2. The standard InChI is InChI=1S/C20H20N4O2S/c1-23-13-22-16-9-10-24(20(26)14-6-3-2-4-7-14)18(17(16)23)19(25)21-12-15-8-5-11-27-15/h2-8,11,13,18H,9-10,12H2,1H3,(H,21,25)/t18-/m0/s1. The number of amides is 2. The minimum Gasteiger partial charge on any atom is -0.349 e. The van der Waals surface area contributed by atoms with Crippen LogP contribution in [0, 0.1) is 0 Å². The fraction of sp³-hybridized carbons (Fsp3) is 0.250. The van der Waals surface area contributed by atoms with Gasteiger partial charge in [-0.2, -0.15) is 0 Å². The molecule has 1 N–H and O–H groups in total. The van der Waals surface area contributed by atoms with Crippen LogP contribution < -0.4 is 5.32 Å². The Balaban J connectivity index is 1.64. The first kappa shape index (κ1) is 17.5. The fourth-order valence-corrected chi connectivity index (χ4v) is 4.09. The highest BCUT2D eigenvalue weighted by atomic mass is 32.1. The third-order valence-electron chi connectivity index (χ3n) is 4.77. The van der Waals surface area contributed by atoms with E-state index in [2.05, 4.69) is 10.3 Å². The summed E-state index contributed by atoms with van der Waals surface area (Å²) in [4.78, 5) is 33.4. The summed E-state index contributed by atoms with van der Waals surface area (Å²) in [6, 6.07) is 12.3. The zero-order valence-corrected chi connectivity index (χ0v) is 15.8. The second-order valence-electron chi connectivity index (χ2n) is 6.50. The number of benzene rings is 1. The number of nitrogens with zero attached hydrogens (tertiary/aromatic N) is 3. The molecule has 4 rings (SSSR count). The third kappa shape index (κ3) is 3.38. The first-order valence-electron chi connectivity index (χ1n) is 8.81. The molecule has 2 amide bonds. The molecule has 0 saturated heterocycles. The Bertz CT molecular complexity index is 950. The van der Waals surface area contributed by atoms with Crippen LogP contribution in [0.3, 0.4) is 0 Å². The second kappa shape index (κ2) is 7.36. The summed E-state index contributed by atoms with van der Waals surface area (Å²) in [7, 11) is 1.86. The van der Waals surface area contributed by atoms with Crippen molar-refractivity contribution in [2.24, 2.45) is 7.05 Å². The van der Waals surface area contributed by atoms with Crippen molar-refractivity contribution in [2.75, 3.05) is 6.54 Å². The van der Waals surface area contributed by atoms with Gasteiger partial charge in [0.2, 0.25) is 5.91 Å². The van der Waals surface area contributed by atoms with E-state index in [0.717, 1.165) is 16.3 Å². The minimum atomic E-state index is -0.686. The molecule has 1 aliphatic heterocycles. The molecule has 0 spiro atoms. The predicted molar refractivity (Wildman–Crippen MR) is 103 cm³/mol. The number of carbonyl (C=O) groups excluding carboxylic acids is 2. The van der Waals surface area contributed by atoms with Crippen LogP contribution in [0.2, 0.25) is 0 Å². The molecule has 0 saturated carbocycles. The number of nitrogens with one attached hydrogen (secondary N) is 1. The van der Waals surface area contributed by atoms with E-state index >= 15 is 0 Å². The van der Waals surface area contributed by atoms with E-state index < -0.39 is 6.04 Å². The van der Waals surface area contributed by atoms with Crippen LogP contribution in [0.15, 0.2) is 54.2 Å². The van der Waals surface area contributed by atoms with Crippen molar-refractivity contribution >= 4 is 23.2 Å². The average molecular weight is 380 g/mol. The lowest BCUT2D eigenvalue weighted by atomic mass is 10.00. The summed E-state index contributed by atoms with van der Waals surface area (Å²) in [6.45, 7) is 0.919. The molecule has 6 nitrogen and oxygen atoms in total. The molecular weight excluding hydrogens is 360 g/mol. The Morgan fingerprint density at radius 3 is 2.78 bits per heavy atom. The predicted octanol–water partition coefficient (Wildman–Crippen LogP) is 2.54. The smallest absolute Gasteiger partial charge is 0.254 e. The molecule has 0 unspecified atom stereocenters. The molecule has 138 valence electrons. The number of rotatable bonds is 4. The molecule has 0 aliphatic carbocycles. The minimum absolute atomic E-state index is 0.140. The van der Waals surface area contributed by atoms with Gasteiger partial charge in [0, 0.05) is 30.5 Å². The van der Waals surface area contributed by atoms with Crippen LogP contribution >= 0.6 is 11.3 Å². The van der Waals surface area contributed by atoms with Crippen molar-refractivity contribution in [3.63, 3.8) is 0 Å². The van der Waals surface area contributed by atoms with Crippen molar-refractivity contribution in [1.29, 1.82) is 0 Å². The maximum Gasteiger partial charge on any atom is 0.254 e. The normalized spacial score (nSPS) is 16.0. The van der Waals surface area contributed by atoms with Crippen molar-refractivity contribution in [3.05, 3.63) is 76.0 Å². The maximum atomic E-state index is 13.1. The Hall–Kier alpha value is -2.93. The summed E-state index contributed by atoms with van der Waals surface area (Å²) in [5.41, 5.74) is 2.25. The number of aryl methyl sites for hydroxylation is 1. The van der Waals surface area contributed by atoms with Gasteiger partial charge in [-0.1, -0.05) is 24.3 Å². The summed E-state index contributed by atoms with van der Waals surface area (Å²) in [5.74, 6) is -0.323. The van der Waals surface area contributed by atoms with Gasteiger partial charge in [0.25, 0.3) is 5.91 Å². The van der Waals surface area contributed by atoms with Gasteiger partial charge in [0.15, 0.2) is 6.04 Å². The Morgan fingerprint density at radius 2 is 2.04 bits per heavy atom. The number of imidazole rings is 1. The van der Waals surface area contributed by atoms with Crippen LogP contribution in [0.5, 0.6) is 0 Å². The van der Waals surface area contributed by atoms with Crippen LogP contribution in [0.4, 0.5) is 0 Å². The monoisotopic (exact) mass is 380 g/mol. The van der Waals surface area contributed by atoms with Gasteiger partial charge < -0.3 is 14.8 Å². The largest absolute Gasteiger partial charge is 0.349 e. The molecule has 2 aromatic heterocycles. The van der Waals surface area contributed by atoms with Crippen molar-refractivity contribution < 1.29 is 9.59 Å². The van der Waals surface area contributed by atoms with Crippen molar-refractivity contribution in [3.8, 4) is 0 Å². The molecule has 7 heteroatoms. The highest BCUT2D eigenvalue weighted by molar-refractivity contribution is 7.09. The highest BCUT2D eigenvalue weighted by Crippen LogP contribution is 2.30. The van der Waals surface area contributed by atoms with Gasteiger partial charge in [-0.15, -0.1) is 11.3 Å². The fourth-order valence-electron chi connectivity index (χ4n) is 3.45. The molecule has 3 aromatic rings. The van der Waals surface area contributed by atoms with Gasteiger partial charge >= 0.3 is 0 Å². The molecule has 3 heterocycles. The highest BCUT2D eigenvalue weighted by Gasteiger charge is 2.38. The number of hydrogen-bond donors (Lipinski definition) is 1. The molecule has 0 radical (unpaired) electrons. The van der Waals surface area contributed by atoms with Crippen molar-refractivity contribution in [2.45, 2.75) is 19.0 Å². The number of aromatic nitrogens is 2. The van der Waals surface area contributed by atoms with Gasteiger partial charge in [-0.25, -0.2) is 4.98 Å². The van der Waals surface area contributed by atoms with Gasteiger partial charge in [0.05, 0.1) is 24.3 Å². The van der Waals surface area contributed by atoms with E-state index in [9.17, 15) is 9.59 Å².